The van der Waals surface area contributed by atoms with Crippen LogP contribution in [0, 0.1) is 0 Å². The number of nitrogens with zero attached hydrogens (tertiary/aromatic N) is 1. The number of benzene rings is 1. The minimum atomic E-state index is -0.350. The second kappa shape index (κ2) is 7.74. The van der Waals surface area contributed by atoms with Gasteiger partial charge in [-0.15, -0.1) is 0 Å². The van der Waals surface area contributed by atoms with Gasteiger partial charge in [-0.2, -0.15) is 0 Å². The lowest BCUT2D eigenvalue weighted by Gasteiger charge is -2.27. The van der Waals surface area contributed by atoms with Gasteiger partial charge >= 0.3 is 0 Å². The van der Waals surface area contributed by atoms with Crippen LogP contribution in [0.25, 0.3) is 0 Å². The Bertz CT molecular complexity index is 359. The van der Waals surface area contributed by atoms with Crippen molar-refractivity contribution in [1.29, 1.82) is 0 Å². The first-order valence-corrected chi connectivity index (χ1v) is 6.76. The van der Waals surface area contributed by atoms with Gasteiger partial charge in [0, 0.05) is 24.2 Å². The molecule has 0 aromatic heterocycles. The van der Waals surface area contributed by atoms with E-state index >= 15 is 0 Å². The zero-order valence-electron chi connectivity index (χ0n) is 11.4. The highest BCUT2D eigenvalue weighted by Gasteiger charge is 2.15. The van der Waals surface area contributed by atoms with Gasteiger partial charge in [-0.3, -0.25) is 4.90 Å². The number of nitrogens with one attached hydrogen (secondary N) is 1. The van der Waals surface area contributed by atoms with Crippen molar-refractivity contribution in [2.75, 3.05) is 26.7 Å². The zero-order valence-corrected chi connectivity index (χ0v) is 12.1. The third-order valence-electron chi connectivity index (χ3n) is 3.12. The first-order chi connectivity index (χ1) is 8.54. The molecule has 1 aromatic rings. The number of rotatable bonds is 7. The van der Waals surface area contributed by atoms with Crippen LogP contribution in [0.3, 0.4) is 0 Å². The van der Waals surface area contributed by atoms with Crippen molar-refractivity contribution in [2.45, 2.75) is 26.0 Å². The maximum atomic E-state index is 9.87. The lowest BCUT2D eigenvalue weighted by molar-refractivity contribution is 0.107. The number of aliphatic hydroxyl groups is 1. The lowest BCUT2D eigenvalue weighted by Crippen LogP contribution is -2.37. The van der Waals surface area contributed by atoms with Crippen LogP contribution in [-0.2, 0) is 0 Å². The van der Waals surface area contributed by atoms with Gasteiger partial charge in [0.2, 0.25) is 0 Å². The Morgan fingerprint density at radius 2 is 2.17 bits per heavy atom. The predicted molar refractivity (Wildman–Crippen MR) is 77.0 cm³/mol. The molecular weight excluding hydrogens is 248 g/mol. The molecule has 2 unspecified atom stereocenters. The number of hydrogen-bond acceptors (Lipinski definition) is 3. The fraction of sp³-hybridized carbons (Fsp3) is 0.571. The van der Waals surface area contributed by atoms with Gasteiger partial charge in [-0.25, -0.2) is 0 Å². The van der Waals surface area contributed by atoms with Crippen LogP contribution >= 0.6 is 11.6 Å². The SMILES string of the molecule is CCNCC(O)CN(C)C(C)c1cccc(Cl)c1. The summed E-state index contributed by atoms with van der Waals surface area (Å²) in [5, 5.41) is 13.8. The standard InChI is InChI=1S/C14H23ClN2O/c1-4-16-9-14(18)10-17(3)11(2)12-6-5-7-13(15)8-12/h5-8,11,14,16,18H,4,9-10H2,1-3H3. The van der Waals surface area contributed by atoms with E-state index in [1.807, 2.05) is 32.2 Å². The number of halogens is 1. The van der Waals surface area contributed by atoms with Crippen molar-refractivity contribution in [3.8, 4) is 0 Å². The molecule has 0 fully saturated rings. The van der Waals surface area contributed by atoms with Gasteiger partial charge in [0.1, 0.15) is 0 Å². The first-order valence-electron chi connectivity index (χ1n) is 6.39. The van der Waals surface area contributed by atoms with Gasteiger partial charge in [0.25, 0.3) is 0 Å². The van der Waals surface area contributed by atoms with E-state index in [9.17, 15) is 5.11 Å². The summed E-state index contributed by atoms with van der Waals surface area (Å²) in [6.45, 7) is 6.30. The van der Waals surface area contributed by atoms with Crippen LogP contribution in [0.5, 0.6) is 0 Å². The molecule has 18 heavy (non-hydrogen) atoms. The molecule has 1 aromatic carbocycles. The molecule has 0 aliphatic heterocycles. The molecule has 0 aliphatic carbocycles. The summed E-state index contributed by atoms with van der Waals surface area (Å²) in [7, 11) is 2.01. The average molecular weight is 271 g/mol. The molecular formula is C14H23ClN2O. The third-order valence-corrected chi connectivity index (χ3v) is 3.36. The minimum absolute atomic E-state index is 0.236. The quantitative estimate of drug-likeness (QED) is 0.798. The van der Waals surface area contributed by atoms with E-state index < -0.39 is 0 Å². The lowest BCUT2D eigenvalue weighted by atomic mass is 10.1. The maximum Gasteiger partial charge on any atom is 0.0791 e. The topological polar surface area (TPSA) is 35.5 Å². The molecule has 4 heteroatoms. The largest absolute Gasteiger partial charge is 0.390 e. The van der Waals surface area contributed by atoms with Crippen molar-refractivity contribution in [3.05, 3.63) is 34.9 Å². The van der Waals surface area contributed by atoms with Gasteiger partial charge < -0.3 is 10.4 Å². The smallest absolute Gasteiger partial charge is 0.0791 e. The van der Waals surface area contributed by atoms with Crippen LogP contribution in [-0.4, -0.2) is 42.8 Å². The maximum absolute atomic E-state index is 9.87. The Labute approximate surface area is 115 Å². The highest BCUT2D eigenvalue weighted by Crippen LogP contribution is 2.21. The minimum Gasteiger partial charge on any atom is -0.390 e. The molecule has 2 atom stereocenters. The van der Waals surface area contributed by atoms with Crippen LogP contribution in [0.4, 0.5) is 0 Å². The molecule has 0 bridgehead atoms. The predicted octanol–water partition coefficient (Wildman–Crippen LogP) is 2.30. The molecule has 1 rings (SSSR count). The van der Waals surface area contributed by atoms with E-state index in [1.54, 1.807) is 0 Å². The second-order valence-electron chi connectivity index (χ2n) is 4.63. The summed E-state index contributed by atoms with van der Waals surface area (Å²) in [5.41, 5.74) is 1.17. The van der Waals surface area contributed by atoms with E-state index in [-0.39, 0.29) is 12.1 Å². The molecule has 3 nitrogen and oxygen atoms in total. The number of likely N-dealkylation sites (N-methyl/N-ethyl adjacent to an activating group) is 2. The van der Waals surface area contributed by atoms with Crippen molar-refractivity contribution in [2.24, 2.45) is 0 Å². The fourth-order valence-corrected chi connectivity index (χ4v) is 2.09. The molecule has 0 spiro atoms. The highest BCUT2D eigenvalue weighted by atomic mass is 35.5. The van der Waals surface area contributed by atoms with Crippen molar-refractivity contribution in [1.82, 2.24) is 10.2 Å². The Morgan fingerprint density at radius 1 is 1.44 bits per heavy atom. The summed E-state index contributed by atoms with van der Waals surface area (Å²) in [6.07, 6.45) is -0.350. The van der Waals surface area contributed by atoms with E-state index in [0.29, 0.717) is 13.1 Å². The normalized spacial score (nSPS) is 14.8. The van der Waals surface area contributed by atoms with Crippen molar-refractivity contribution >= 4 is 11.6 Å². The van der Waals surface area contributed by atoms with E-state index in [4.69, 9.17) is 11.6 Å². The molecule has 0 amide bonds. The zero-order chi connectivity index (χ0) is 13.5. The molecule has 0 heterocycles. The second-order valence-corrected chi connectivity index (χ2v) is 5.07. The summed E-state index contributed by atoms with van der Waals surface area (Å²) in [5.74, 6) is 0. The summed E-state index contributed by atoms with van der Waals surface area (Å²) >= 11 is 5.99. The van der Waals surface area contributed by atoms with E-state index in [2.05, 4.69) is 23.2 Å². The van der Waals surface area contributed by atoms with Crippen molar-refractivity contribution in [3.63, 3.8) is 0 Å². The summed E-state index contributed by atoms with van der Waals surface area (Å²) in [4.78, 5) is 2.13. The molecule has 0 saturated heterocycles. The average Bonchev–Trinajstić information content (AvgIpc) is 2.35. The Morgan fingerprint density at radius 3 is 2.78 bits per heavy atom. The summed E-state index contributed by atoms with van der Waals surface area (Å²) < 4.78 is 0. The molecule has 102 valence electrons. The Balaban J connectivity index is 2.53. The fourth-order valence-electron chi connectivity index (χ4n) is 1.89. The van der Waals surface area contributed by atoms with Crippen LogP contribution in [0.1, 0.15) is 25.5 Å². The van der Waals surface area contributed by atoms with Crippen molar-refractivity contribution < 1.29 is 5.11 Å². The highest BCUT2D eigenvalue weighted by molar-refractivity contribution is 6.30. The molecule has 0 radical (unpaired) electrons. The van der Waals surface area contributed by atoms with Gasteiger partial charge in [0.05, 0.1) is 6.10 Å². The molecule has 2 N–H and O–H groups in total. The molecule has 0 aliphatic rings. The van der Waals surface area contributed by atoms with E-state index in [0.717, 1.165) is 11.6 Å². The number of aliphatic hydroxyl groups excluding tert-OH is 1. The summed E-state index contributed by atoms with van der Waals surface area (Å²) in [6, 6.07) is 8.10. The number of hydrogen-bond donors (Lipinski definition) is 2. The van der Waals surface area contributed by atoms with Gasteiger partial charge in [0.15, 0.2) is 0 Å². The van der Waals surface area contributed by atoms with Crippen LogP contribution in [0.2, 0.25) is 5.02 Å². The van der Waals surface area contributed by atoms with Gasteiger partial charge in [-0.05, 0) is 38.2 Å². The first kappa shape index (κ1) is 15.4. The van der Waals surface area contributed by atoms with Gasteiger partial charge in [-0.1, -0.05) is 30.7 Å². The van der Waals surface area contributed by atoms with E-state index in [1.165, 1.54) is 5.56 Å². The monoisotopic (exact) mass is 270 g/mol. The van der Waals surface area contributed by atoms with Crippen LogP contribution in [0.15, 0.2) is 24.3 Å². The molecule has 0 saturated carbocycles. The third kappa shape index (κ3) is 4.94. The Hall–Kier alpha value is -0.610. The van der Waals surface area contributed by atoms with Crippen LogP contribution < -0.4 is 5.32 Å². The Kier molecular flexibility index (Phi) is 6.65.